The molecule has 0 aliphatic carbocycles. The number of hydrogen-bond donors (Lipinski definition) is 0. The van der Waals surface area contributed by atoms with Crippen LogP contribution < -0.4 is 9.80 Å². The summed E-state index contributed by atoms with van der Waals surface area (Å²) in [6.07, 6.45) is 0.962. The standard InChI is InChI=1S/C21H25F2N3O3S/c1-15(27)25(3)20-13-16(26-10-4-9-24(2)11-12-26)5-8-21(20)30(28,29)17-6-7-18(22)19(23)14-17/h5-8,13-14H,4,9-12H2,1-3H3. The first kappa shape index (κ1) is 22.2. The van der Waals surface area contributed by atoms with Gasteiger partial charge in [-0.3, -0.25) is 4.79 Å². The molecular weight excluding hydrogens is 412 g/mol. The summed E-state index contributed by atoms with van der Waals surface area (Å²) in [7, 11) is -0.639. The molecule has 1 fully saturated rings. The zero-order valence-corrected chi connectivity index (χ0v) is 18.0. The van der Waals surface area contributed by atoms with Crippen LogP contribution in [-0.4, -0.2) is 59.5 Å². The first-order valence-electron chi connectivity index (χ1n) is 9.63. The van der Waals surface area contributed by atoms with Gasteiger partial charge in [0.25, 0.3) is 0 Å². The topological polar surface area (TPSA) is 60.9 Å². The molecule has 1 aliphatic heterocycles. The molecule has 0 atom stereocenters. The van der Waals surface area contributed by atoms with E-state index >= 15 is 0 Å². The number of rotatable bonds is 4. The third kappa shape index (κ3) is 4.46. The lowest BCUT2D eigenvalue weighted by atomic mass is 10.2. The van der Waals surface area contributed by atoms with Crippen LogP contribution in [0.5, 0.6) is 0 Å². The zero-order valence-electron chi connectivity index (χ0n) is 17.2. The second-order valence-electron chi connectivity index (χ2n) is 7.45. The number of carbonyl (C=O) groups is 1. The molecule has 0 bridgehead atoms. The van der Waals surface area contributed by atoms with Crippen LogP contribution in [0.25, 0.3) is 0 Å². The molecule has 1 amide bonds. The van der Waals surface area contributed by atoms with Crippen LogP contribution in [0.4, 0.5) is 20.2 Å². The Morgan fingerprint density at radius 3 is 2.40 bits per heavy atom. The number of benzene rings is 2. The van der Waals surface area contributed by atoms with Gasteiger partial charge < -0.3 is 14.7 Å². The van der Waals surface area contributed by atoms with Crippen LogP contribution in [0, 0.1) is 11.6 Å². The summed E-state index contributed by atoms with van der Waals surface area (Å²) < 4.78 is 53.3. The maximum Gasteiger partial charge on any atom is 0.223 e. The Kier molecular flexibility index (Phi) is 6.42. The Balaban J connectivity index is 2.09. The van der Waals surface area contributed by atoms with E-state index in [1.54, 1.807) is 12.1 Å². The molecule has 0 spiro atoms. The van der Waals surface area contributed by atoms with E-state index in [1.807, 2.05) is 0 Å². The Labute approximate surface area is 175 Å². The highest BCUT2D eigenvalue weighted by molar-refractivity contribution is 7.91. The van der Waals surface area contributed by atoms with E-state index in [4.69, 9.17) is 0 Å². The van der Waals surface area contributed by atoms with Crippen LogP contribution in [0.15, 0.2) is 46.2 Å². The van der Waals surface area contributed by atoms with Crippen molar-refractivity contribution in [3.63, 3.8) is 0 Å². The second kappa shape index (κ2) is 8.69. The lowest BCUT2D eigenvalue weighted by Crippen LogP contribution is -2.30. The second-order valence-corrected chi connectivity index (χ2v) is 9.37. The minimum atomic E-state index is -4.18. The van der Waals surface area contributed by atoms with Gasteiger partial charge >= 0.3 is 0 Å². The zero-order chi connectivity index (χ0) is 22.1. The van der Waals surface area contributed by atoms with E-state index in [9.17, 15) is 22.0 Å². The average Bonchev–Trinajstić information content (AvgIpc) is 2.93. The molecule has 2 aromatic carbocycles. The van der Waals surface area contributed by atoms with Crippen LogP contribution in [0.3, 0.4) is 0 Å². The van der Waals surface area contributed by atoms with Gasteiger partial charge in [0.1, 0.15) is 0 Å². The highest BCUT2D eigenvalue weighted by atomic mass is 32.2. The molecule has 1 aliphatic rings. The van der Waals surface area contributed by atoms with Gasteiger partial charge in [0.05, 0.1) is 15.5 Å². The number of amides is 1. The summed E-state index contributed by atoms with van der Waals surface area (Å²) in [6, 6.07) is 7.23. The van der Waals surface area contributed by atoms with Crippen LogP contribution in [0.1, 0.15) is 13.3 Å². The summed E-state index contributed by atoms with van der Waals surface area (Å²) in [4.78, 5) is 17.2. The number of carbonyl (C=O) groups excluding carboxylic acids is 1. The highest BCUT2D eigenvalue weighted by Crippen LogP contribution is 2.34. The molecule has 1 saturated heterocycles. The molecule has 0 saturated carbocycles. The monoisotopic (exact) mass is 437 g/mol. The summed E-state index contributed by atoms with van der Waals surface area (Å²) in [6.45, 7) is 4.76. The van der Waals surface area contributed by atoms with Crippen molar-refractivity contribution in [1.82, 2.24) is 4.90 Å². The fourth-order valence-corrected chi connectivity index (χ4v) is 4.92. The lowest BCUT2D eigenvalue weighted by molar-refractivity contribution is -0.116. The fourth-order valence-electron chi connectivity index (χ4n) is 3.44. The highest BCUT2D eigenvalue weighted by Gasteiger charge is 2.26. The quantitative estimate of drug-likeness (QED) is 0.689. The SMILES string of the molecule is CC(=O)N(C)c1cc(N2CCCN(C)CC2)ccc1S(=O)(=O)c1ccc(F)c(F)c1. The predicted octanol–water partition coefficient (Wildman–Crippen LogP) is 2.92. The minimum Gasteiger partial charge on any atom is -0.370 e. The van der Waals surface area contributed by atoms with E-state index in [-0.39, 0.29) is 21.4 Å². The van der Waals surface area contributed by atoms with Gasteiger partial charge in [-0.25, -0.2) is 17.2 Å². The smallest absolute Gasteiger partial charge is 0.223 e. The number of hydrogen-bond acceptors (Lipinski definition) is 5. The van der Waals surface area contributed by atoms with Crippen LogP contribution in [0.2, 0.25) is 0 Å². The van der Waals surface area contributed by atoms with Gasteiger partial charge in [-0.1, -0.05) is 0 Å². The predicted molar refractivity (Wildman–Crippen MR) is 112 cm³/mol. The maximum atomic E-state index is 13.7. The minimum absolute atomic E-state index is 0.137. The van der Waals surface area contributed by atoms with Crippen molar-refractivity contribution in [2.24, 2.45) is 0 Å². The normalized spacial score (nSPS) is 15.7. The Bertz CT molecular complexity index is 1060. The first-order valence-corrected chi connectivity index (χ1v) is 11.1. The number of halogens is 2. The van der Waals surface area contributed by atoms with E-state index in [0.29, 0.717) is 6.07 Å². The van der Waals surface area contributed by atoms with E-state index in [2.05, 4.69) is 16.8 Å². The Morgan fingerprint density at radius 1 is 1.00 bits per heavy atom. The molecule has 0 N–H and O–H groups in total. The van der Waals surface area contributed by atoms with E-state index < -0.39 is 21.5 Å². The average molecular weight is 438 g/mol. The summed E-state index contributed by atoms with van der Waals surface area (Å²) >= 11 is 0. The molecule has 162 valence electrons. The molecule has 0 aromatic heterocycles. The molecule has 2 aromatic rings. The molecule has 1 heterocycles. The number of nitrogens with zero attached hydrogens (tertiary/aromatic N) is 3. The van der Waals surface area contributed by atoms with Crippen molar-refractivity contribution in [1.29, 1.82) is 0 Å². The van der Waals surface area contributed by atoms with Gasteiger partial charge in [-0.05, 0) is 56.4 Å². The largest absolute Gasteiger partial charge is 0.370 e. The molecule has 0 radical (unpaired) electrons. The van der Waals surface area contributed by atoms with Gasteiger partial charge in [-0.15, -0.1) is 0 Å². The third-order valence-electron chi connectivity index (χ3n) is 5.35. The van der Waals surface area contributed by atoms with Crippen molar-refractivity contribution in [2.45, 2.75) is 23.1 Å². The molecule has 6 nitrogen and oxygen atoms in total. The van der Waals surface area contributed by atoms with Crippen molar-refractivity contribution >= 4 is 27.1 Å². The molecular formula is C21H25F2N3O3S. The third-order valence-corrected chi connectivity index (χ3v) is 7.15. The van der Waals surface area contributed by atoms with E-state index in [1.165, 1.54) is 24.9 Å². The fraction of sp³-hybridized carbons (Fsp3) is 0.381. The summed E-state index contributed by atoms with van der Waals surface area (Å²) in [5, 5.41) is 0. The Morgan fingerprint density at radius 2 is 1.73 bits per heavy atom. The van der Waals surface area contributed by atoms with Crippen molar-refractivity contribution in [3.8, 4) is 0 Å². The summed E-state index contributed by atoms with van der Waals surface area (Å²) in [5.74, 6) is -2.72. The van der Waals surface area contributed by atoms with Gasteiger partial charge in [0.15, 0.2) is 11.6 Å². The van der Waals surface area contributed by atoms with Gasteiger partial charge in [0.2, 0.25) is 15.7 Å². The summed E-state index contributed by atoms with van der Waals surface area (Å²) in [5.41, 5.74) is 1.000. The first-order chi connectivity index (χ1) is 14.1. The Hall–Kier alpha value is -2.52. The maximum absolute atomic E-state index is 13.7. The van der Waals surface area contributed by atoms with Crippen LogP contribution >= 0.6 is 0 Å². The number of anilines is 2. The molecule has 9 heteroatoms. The van der Waals surface area contributed by atoms with Crippen LogP contribution in [-0.2, 0) is 14.6 Å². The number of sulfone groups is 1. The van der Waals surface area contributed by atoms with Crippen molar-refractivity contribution in [3.05, 3.63) is 48.0 Å². The lowest BCUT2D eigenvalue weighted by Gasteiger charge is -2.26. The van der Waals surface area contributed by atoms with Crippen molar-refractivity contribution < 1.29 is 22.0 Å². The van der Waals surface area contributed by atoms with Crippen molar-refractivity contribution in [2.75, 3.05) is 50.1 Å². The molecule has 3 rings (SSSR count). The number of likely N-dealkylation sites (N-methyl/N-ethyl adjacent to an activating group) is 1. The van der Waals surface area contributed by atoms with Gasteiger partial charge in [0, 0.05) is 39.3 Å². The van der Waals surface area contributed by atoms with Gasteiger partial charge in [-0.2, -0.15) is 0 Å². The molecule has 30 heavy (non-hydrogen) atoms. The van der Waals surface area contributed by atoms with E-state index in [0.717, 1.165) is 50.4 Å². The molecule has 0 unspecified atom stereocenters.